The third kappa shape index (κ3) is 3.39. The Hall–Kier alpha value is -1.40. The minimum Gasteiger partial charge on any atom is -0.462 e. The van der Waals surface area contributed by atoms with Crippen LogP contribution in [-0.4, -0.2) is 40.1 Å². The Kier molecular flexibility index (Phi) is 5.43. The van der Waals surface area contributed by atoms with Gasteiger partial charge in [0.15, 0.2) is 0 Å². The summed E-state index contributed by atoms with van der Waals surface area (Å²) in [5.41, 5.74) is -0.963. The van der Waals surface area contributed by atoms with Gasteiger partial charge in [0, 0.05) is 29.9 Å². The van der Waals surface area contributed by atoms with Gasteiger partial charge in [-0.2, -0.15) is 0 Å². The Morgan fingerprint density at radius 3 is 2.57 bits per heavy atom. The van der Waals surface area contributed by atoms with E-state index in [0.717, 1.165) is 19.3 Å². The lowest BCUT2D eigenvalue weighted by Gasteiger charge is -2.64. The molecule has 0 aromatic heterocycles. The first-order chi connectivity index (χ1) is 12.9. The summed E-state index contributed by atoms with van der Waals surface area (Å²) in [5, 5.41) is 21.9. The first-order valence-electron chi connectivity index (χ1n) is 10.4. The third-order valence-electron chi connectivity index (χ3n) is 7.77. The monoisotopic (exact) mass is 394 g/mol. The minimum absolute atomic E-state index is 0.0409. The molecule has 0 spiro atoms. The molecule has 6 nitrogen and oxygen atoms in total. The van der Waals surface area contributed by atoms with Gasteiger partial charge >= 0.3 is 11.9 Å². The number of hydrogen-bond acceptors (Lipinski definition) is 6. The molecule has 0 radical (unpaired) electrons. The predicted molar refractivity (Wildman–Crippen MR) is 103 cm³/mol. The predicted octanol–water partition coefficient (Wildman–Crippen LogP) is 3.10. The van der Waals surface area contributed by atoms with E-state index in [2.05, 4.69) is 20.8 Å². The maximum Gasteiger partial charge on any atom is 0.333 e. The van der Waals surface area contributed by atoms with Crippen LogP contribution in [0.5, 0.6) is 0 Å². The van der Waals surface area contributed by atoms with Gasteiger partial charge < -0.3 is 19.7 Å². The van der Waals surface area contributed by atoms with Crippen LogP contribution in [0.25, 0.3) is 0 Å². The molecule has 1 aliphatic heterocycles. The van der Waals surface area contributed by atoms with E-state index in [4.69, 9.17) is 9.47 Å². The van der Waals surface area contributed by atoms with Crippen molar-refractivity contribution in [3.05, 3.63) is 11.6 Å². The molecule has 0 amide bonds. The zero-order valence-corrected chi connectivity index (χ0v) is 17.7. The summed E-state index contributed by atoms with van der Waals surface area (Å²) >= 11 is 0. The normalized spacial score (nSPS) is 42.4. The van der Waals surface area contributed by atoms with E-state index in [1.54, 1.807) is 0 Å². The molecule has 1 unspecified atom stereocenters. The van der Waals surface area contributed by atoms with Gasteiger partial charge in [0.25, 0.3) is 0 Å². The second-order valence-electron chi connectivity index (χ2n) is 9.95. The molecule has 0 aromatic carbocycles. The highest BCUT2D eigenvalue weighted by molar-refractivity contribution is 5.85. The summed E-state index contributed by atoms with van der Waals surface area (Å²) in [7, 11) is 0. The summed E-state index contributed by atoms with van der Waals surface area (Å²) in [6.45, 7) is 10.0. The van der Waals surface area contributed by atoms with Crippen molar-refractivity contribution in [1.82, 2.24) is 0 Å². The molecule has 2 aliphatic carbocycles. The van der Waals surface area contributed by atoms with Crippen molar-refractivity contribution in [1.29, 1.82) is 0 Å². The van der Waals surface area contributed by atoms with E-state index in [1.807, 2.05) is 6.92 Å². The van der Waals surface area contributed by atoms with Gasteiger partial charge in [-0.15, -0.1) is 0 Å². The van der Waals surface area contributed by atoms with Crippen LogP contribution in [-0.2, 0) is 19.1 Å². The Morgan fingerprint density at radius 2 is 2.00 bits per heavy atom. The van der Waals surface area contributed by atoms with E-state index < -0.39 is 23.3 Å². The summed E-state index contributed by atoms with van der Waals surface area (Å²) in [6.07, 6.45) is 4.24. The molecule has 2 saturated carbocycles. The number of aliphatic hydroxyl groups is 2. The number of aliphatic hydroxyl groups excluding tert-OH is 1. The molecular formula is C22H34O6. The van der Waals surface area contributed by atoms with Gasteiger partial charge in [0.1, 0.15) is 6.10 Å². The first kappa shape index (κ1) is 21.3. The summed E-state index contributed by atoms with van der Waals surface area (Å²) in [4.78, 5) is 23.2. The smallest absolute Gasteiger partial charge is 0.333 e. The second kappa shape index (κ2) is 7.13. The Morgan fingerprint density at radius 1 is 1.32 bits per heavy atom. The zero-order valence-electron chi connectivity index (χ0n) is 17.7. The molecule has 158 valence electrons. The average molecular weight is 395 g/mol. The van der Waals surface area contributed by atoms with E-state index in [-0.39, 0.29) is 29.3 Å². The average Bonchev–Trinajstić information content (AvgIpc) is 2.87. The maximum absolute atomic E-state index is 12.0. The largest absolute Gasteiger partial charge is 0.462 e. The van der Waals surface area contributed by atoms with Crippen LogP contribution in [0.15, 0.2) is 11.6 Å². The lowest BCUT2D eigenvalue weighted by molar-refractivity contribution is -0.249. The fraction of sp³-hybridized carbons (Fsp3) is 0.818. The maximum atomic E-state index is 12.0. The molecule has 2 fully saturated rings. The Bertz CT molecular complexity index is 683. The van der Waals surface area contributed by atoms with Crippen LogP contribution < -0.4 is 0 Å². The van der Waals surface area contributed by atoms with Crippen molar-refractivity contribution in [3.63, 3.8) is 0 Å². The number of rotatable bonds is 4. The number of fused-ring (bicyclic) bond motifs is 1. The van der Waals surface area contributed by atoms with Gasteiger partial charge in [-0.3, -0.25) is 4.79 Å². The fourth-order valence-electron chi connectivity index (χ4n) is 6.56. The molecule has 3 rings (SSSR count). The fourth-order valence-corrected chi connectivity index (χ4v) is 6.56. The molecule has 6 heteroatoms. The number of carbonyl (C=O) groups is 2. The molecule has 2 N–H and O–H groups in total. The third-order valence-corrected chi connectivity index (χ3v) is 7.77. The van der Waals surface area contributed by atoms with Gasteiger partial charge in [-0.1, -0.05) is 34.1 Å². The number of cyclic esters (lactones) is 1. The molecule has 0 bridgehead atoms. The van der Waals surface area contributed by atoms with Gasteiger partial charge in [-0.25, -0.2) is 4.79 Å². The van der Waals surface area contributed by atoms with Crippen LogP contribution in [0, 0.1) is 22.7 Å². The first-order valence-corrected chi connectivity index (χ1v) is 10.4. The molecule has 3 aliphatic rings. The standard InChI is InChI=1S/C22H34O6/c1-13-11-16(27-14(2)23)18-20(3,4)8-6-9-21(18,5)22(13,26)10-7-15-12-17(24)28-19(15)25/h12-13,16,18-19,25-26H,6-11H2,1-5H3/t13-,16-,18+,19?,21+,22-/m1/s1. The molecule has 0 aromatic rings. The highest BCUT2D eigenvalue weighted by Gasteiger charge is 2.64. The van der Waals surface area contributed by atoms with Gasteiger partial charge in [-0.05, 0) is 43.4 Å². The highest BCUT2D eigenvalue weighted by atomic mass is 16.6. The number of hydrogen-bond donors (Lipinski definition) is 2. The van der Waals surface area contributed by atoms with E-state index in [9.17, 15) is 19.8 Å². The lowest BCUT2D eigenvalue weighted by atomic mass is 9.43. The van der Waals surface area contributed by atoms with Gasteiger partial charge in [0.05, 0.1) is 5.60 Å². The quantitative estimate of drug-likeness (QED) is 0.712. The van der Waals surface area contributed by atoms with Crippen LogP contribution in [0.4, 0.5) is 0 Å². The number of esters is 2. The minimum atomic E-state index is -1.21. The second-order valence-corrected chi connectivity index (χ2v) is 9.95. The van der Waals surface area contributed by atoms with Crippen molar-refractivity contribution >= 4 is 11.9 Å². The van der Waals surface area contributed by atoms with Crippen molar-refractivity contribution < 1.29 is 29.3 Å². The molecule has 28 heavy (non-hydrogen) atoms. The summed E-state index contributed by atoms with van der Waals surface area (Å²) < 4.78 is 10.6. The van der Waals surface area contributed by atoms with E-state index in [1.165, 1.54) is 13.0 Å². The Labute approximate surface area is 167 Å². The van der Waals surface area contributed by atoms with Crippen molar-refractivity contribution in [2.24, 2.45) is 22.7 Å². The van der Waals surface area contributed by atoms with Crippen LogP contribution in [0.2, 0.25) is 0 Å². The molecule has 0 saturated heterocycles. The van der Waals surface area contributed by atoms with Crippen LogP contribution in [0.3, 0.4) is 0 Å². The molecule has 6 atom stereocenters. The number of carbonyl (C=O) groups excluding carboxylic acids is 2. The highest BCUT2D eigenvalue weighted by Crippen LogP contribution is 2.64. The lowest BCUT2D eigenvalue weighted by Crippen LogP contribution is -2.66. The van der Waals surface area contributed by atoms with Crippen molar-refractivity contribution in [2.75, 3.05) is 0 Å². The SMILES string of the molecule is CC(=O)O[C@@H]1C[C@@H](C)[C@](O)(CCC2=CC(=O)OC2O)[C@@]2(C)CCCC(C)(C)[C@H]12. The Balaban J connectivity index is 1.93. The molecule has 1 heterocycles. The van der Waals surface area contributed by atoms with Crippen molar-refractivity contribution in [2.45, 2.75) is 91.1 Å². The van der Waals surface area contributed by atoms with Crippen LogP contribution >= 0.6 is 0 Å². The topological polar surface area (TPSA) is 93.1 Å². The number of ether oxygens (including phenoxy) is 2. The van der Waals surface area contributed by atoms with E-state index in [0.29, 0.717) is 24.8 Å². The van der Waals surface area contributed by atoms with Crippen molar-refractivity contribution in [3.8, 4) is 0 Å². The molecular weight excluding hydrogens is 360 g/mol. The van der Waals surface area contributed by atoms with Crippen LogP contribution in [0.1, 0.15) is 73.1 Å². The summed E-state index contributed by atoms with van der Waals surface area (Å²) in [6, 6.07) is 0. The summed E-state index contributed by atoms with van der Waals surface area (Å²) in [5.74, 6) is -0.854. The van der Waals surface area contributed by atoms with Gasteiger partial charge in [0.2, 0.25) is 6.29 Å². The zero-order chi connectivity index (χ0) is 20.9. The van der Waals surface area contributed by atoms with E-state index >= 15 is 0 Å².